The first kappa shape index (κ1) is 29.0. The first-order chi connectivity index (χ1) is 18.6. The number of hydrogen-bond acceptors (Lipinski definition) is 8. The van der Waals surface area contributed by atoms with Gasteiger partial charge in [-0.15, -0.1) is 11.8 Å². The van der Waals surface area contributed by atoms with Crippen molar-refractivity contribution in [2.24, 2.45) is 17.8 Å². The molecule has 0 aromatic carbocycles. The fourth-order valence-corrected chi connectivity index (χ4v) is 7.84. The number of β-lactam (4-membered cyclic amide) rings is 1. The van der Waals surface area contributed by atoms with E-state index in [0.29, 0.717) is 37.4 Å². The number of carbonyl (C=O) groups is 4. The van der Waals surface area contributed by atoms with Gasteiger partial charge in [0.25, 0.3) is 0 Å². The van der Waals surface area contributed by atoms with Crippen LogP contribution in [0.1, 0.15) is 33.1 Å². The number of hydrogen-bond donors (Lipinski definition) is 2. The largest absolute Gasteiger partial charge is 0.477 e. The van der Waals surface area contributed by atoms with Gasteiger partial charge in [0.1, 0.15) is 18.9 Å². The second-order valence-corrected chi connectivity index (χ2v) is 12.0. The predicted octanol–water partition coefficient (Wildman–Crippen LogP) is 2.67. The van der Waals surface area contributed by atoms with Crippen molar-refractivity contribution < 1.29 is 38.9 Å². The highest BCUT2D eigenvalue weighted by Crippen LogP contribution is 2.52. The summed E-state index contributed by atoms with van der Waals surface area (Å²) >= 11 is 1.40. The van der Waals surface area contributed by atoms with Gasteiger partial charge in [-0.05, 0) is 32.1 Å². The quantitative estimate of drug-likeness (QED) is 0.304. The molecule has 0 aliphatic carbocycles. The fourth-order valence-electron chi connectivity index (χ4n) is 6.27. The maximum Gasteiger partial charge on any atom is 0.410 e. The molecule has 39 heavy (non-hydrogen) atoms. The highest BCUT2D eigenvalue weighted by atomic mass is 32.2. The van der Waals surface area contributed by atoms with E-state index >= 15 is 0 Å². The van der Waals surface area contributed by atoms with Crippen LogP contribution in [-0.2, 0) is 19.1 Å². The molecule has 0 saturated carbocycles. The van der Waals surface area contributed by atoms with Crippen molar-refractivity contribution in [3.63, 3.8) is 0 Å². The standard InChI is InChI=1S/C27H37N3O8S/c1-5-9-37-26(35)28-8-7-17(13-28)11-18-12-19(14-29(18)27(36)38-10-6-2)39-23-15(3)21-20(16(4)31)24(32)30(21)22(23)25(33)34/h5-6,15-21,31H,1-2,7-14H2,3-4H3,(H,33,34)/t15-,16-,17?,18-,19+,20-,21-/m1/s1. The van der Waals surface area contributed by atoms with E-state index in [9.17, 15) is 29.4 Å². The molecule has 11 nitrogen and oxygen atoms in total. The van der Waals surface area contributed by atoms with Gasteiger partial charge in [0.05, 0.1) is 18.1 Å². The molecule has 3 fully saturated rings. The summed E-state index contributed by atoms with van der Waals surface area (Å²) in [5.41, 5.74) is -0.0203. The lowest BCUT2D eigenvalue weighted by Gasteiger charge is -2.46. The number of aliphatic hydroxyl groups is 1. The maximum atomic E-state index is 12.9. The Labute approximate surface area is 232 Å². The van der Waals surface area contributed by atoms with Gasteiger partial charge in [0, 0.05) is 41.7 Å². The van der Waals surface area contributed by atoms with Gasteiger partial charge in [-0.25, -0.2) is 14.4 Å². The fraction of sp³-hybridized carbons (Fsp3) is 0.630. The molecule has 2 N–H and O–H groups in total. The lowest BCUT2D eigenvalue weighted by Crippen LogP contribution is -2.63. The van der Waals surface area contributed by atoms with E-state index in [1.165, 1.54) is 28.8 Å². The zero-order valence-electron chi connectivity index (χ0n) is 22.4. The molecule has 3 saturated heterocycles. The zero-order valence-corrected chi connectivity index (χ0v) is 23.2. The minimum absolute atomic E-state index is 0.0203. The van der Waals surface area contributed by atoms with Crippen molar-refractivity contribution in [3.8, 4) is 0 Å². The molecule has 4 aliphatic heterocycles. The van der Waals surface area contributed by atoms with Crippen LogP contribution in [0.4, 0.5) is 9.59 Å². The second-order valence-electron chi connectivity index (χ2n) is 10.6. The molecule has 4 heterocycles. The summed E-state index contributed by atoms with van der Waals surface area (Å²) in [4.78, 5) is 55.4. The Hall–Kier alpha value is -2.99. The predicted molar refractivity (Wildman–Crippen MR) is 144 cm³/mol. The average Bonchev–Trinajstić information content (AvgIpc) is 3.57. The molecule has 4 rings (SSSR count). The number of aliphatic hydroxyl groups excluding tert-OH is 1. The van der Waals surface area contributed by atoms with Crippen LogP contribution in [-0.4, -0.2) is 105 Å². The van der Waals surface area contributed by atoms with E-state index in [0.717, 1.165) is 6.42 Å². The van der Waals surface area contributed by atoms with Gasteiger partial charge in [0.2, 0.25) is 5.91 Å². The Bertz CT molecular complexity index is 1060. The SMILES string of the molecule is C=CCOC(=O)N1CCC(C[C@@H]2C[C@H](SC3=C(C(=O)O)N4C(=O)[C@H]([C@@H](C)O)[C@H]4[C@H]3C)CN2C(=O)OCC=C)C1. The zero-order chi connectivity index (χ0) is 28.4. The lowest BCUT2D eigenvalue weighted by molar-refractivity contribution is -0.163. The van der Waals surface area contributed by atoms with Crippen molar-refractivity contribution in [1.82, 2.24) is 14.7 Å². The third-order valence-corrected chi connectivity index (χ3v) is 9.51. The van der Waals surface area contributed by atoms with E-state index in [-0.39, 0.29) is 60.1 Å². The van der Waals surface area contributed by atoms with Crippen molar-refractivity contribution in [2.75, 3.05) is 32.8 Å². The van der Waals surface area contributed by atoms with Gasteiger partial charge >= 0.3 is 18.2 Å². The first-order valence-corrected chi connectivity index (χ1v) is 14.2. The van der Waals surface area contributed by atoms with Crippen LogP contribution in [0.3, 0.4) is 0 Å². The molecule has 12 heteroatoms. The molecule has 0 aromatic heterocycles. The highest BCUT2D eigenvalue weighted by molar-refractivity contribution is 8.03. The normalized spacial score (nSPS) is 30.6. The maximum absolute atomic E-state index is 12.9. The number of carboxylic acids is 1. The first-order valence-electron chi connectivity index (χ1n) is 13.3. The third kappa shape index (κ3) is 5.67. The van der Waals surface area contributed by atoms with Crippen LogP contribution in [0.5, 0.6) is 0 Å². The average molecular weight is 564 g/mol. The number of nitrogens with zero attached hydrogens (tertiary/aromatic N) is 3. The van der Waals surface area contributed by atoms with Crippen LogP contribution < -0.4 is 0 Å². The molecule has 0 spiro atoms. The van der Waals surface area contributed by atoms with E-state index in [2.05, 4.69) is 13.2 Å². The molecular weight excluding hydrogens is 526 g/mol. The molecule has 0 bridgehead atoms. The molecule has 4 aliphatic rings. The Kier molecular flexibility index (Phi) is 8.95. The van der Waals surface area contributed by atoms with E-state index in [1.807, 2.05) is 6.92 Å². The number of carboxylic acid groups (broad SMARTS) is 1. The number of amides is 3. The van der Waals surface area contributed by atoms with Crippen molar-refractivity contribution in [1.29, 1.82) is 0 Å². The van der Waals surface area contributed by atoms with Crippen molar-refractivity contribution in [2.45, 2.75) is 56.5 Å². The van der Waals surface area contributed by atoms with Crippen LogP contribution in [0, 0.1) is 17.8 Å². The van der Waals surface area contributed by atoms with Gasteiger partial charge in [-0.2, -0.15) is 0 Å². The summed E-state index contributed by atoms with van der Waals surface area (Å²) in [6.45, 7) is 12.3. The second kappa shape index (κ2) is 12.0. The molecule has 0 radical (unpaired) electrons. The summed E-state index contributed by atoms with van der Waals surface area (Å²) in [5, 5.41) is 20.0. The topological polar surface area (TPSA) is 137 Å². The van der Waals surface area contributed by atoms with Gasteiger partial charge in [0.15, 0.2) is 0 Å². The van der Waals surface area contributed by atoms with Gasteiger partial charge < -0.3 is 34.4 Å². The molecule has 214 valence electrons. The van der Waals surface area contributed by atoms with E-state index in [4.69, 9.17) is 9.47 Å². The molecule has 0 aromatic rings. The molecule has 1 unspecified atom stereocenters. The summed E-state index contributed by atoms with van der Waals surface area (Å²) in [6.07, 6.45) is 3.40. The monoisotopic (exact) mass is 563 g/mol. The van der Waals surface area contributed by atoms with Crippen LogP contribution in [0.2, 0.25) is 0 Å². The Morgan fingerprint density at radius 2 is 1.82 bits per heavy atom. The molecule has 3 amide bonds. The smallest absolute Gasteiger partial charge is 0.410 e. The number of likely N-dealkylation sites (tertiary alicyclic amines) is 2. The summed E-state index contributed by atoms with van der Waals surface area (Å²) in [7, 11) is 0. The van der Waals surface area contributed by atoms with Crippen LogP contribution in [0.15, 0.2) is 35.9 Å². The van der Waals surface area contributed by atoms with Gasteiger partial charge in [-0.3, -0.25) is 4.79 Å². The van der Waals surface area contributed by atoms with Crippen molar-refractivity contribution in [3.05, 3.63) is 35.9 Å². The number of fused-ring (bicyclic) bond motifs is 1. The summed E-state index contributed by atoms with van der Waals surface area (Å²) < 4.78 is 10.5. The van der Waals surface area contributed by atoms with E-state index < -0.39 is 24.1 Å². The Morgan fingerprint density at radius 3 is 2.44 bits per heavy atom. The number of thioether (sulfide) groups is 1. The van der Waals surface area contributed by atoms with Crippen LogP contribution in [0.25, 0.3) is 0 Å². The van der Waals surface area contributed by atoms with E-state index in [1.54, 1.807) is 16.7 Å². The van der Waals surface area contributed by atoms with Crippen LogP contribution >= 0.6 is 11.8 Å². The number of carbonyl (C=O) groups excluding carboxylic acids is 3. The summed E-state index contributed by atoms with van der Waals surface area (Å²) in [5.74, 6) is -2.24. The van der Waals surface area contributed by atoms with Crippen molar-refractivity contribution >= 4 is 35.8 Å². The number of ether oxygens (including phenoxy) is 2. The minimum Gasteiger partial charge on any atom is -0.477 e. The minimum atomic E-state index is -1.17. The van der Waals surface area contributed by atoms with Gasteiger partial charge in [-0.1, -0.05) is 32.2 Å². The molecule has 7 atom stereocenters. The highest BCUT2D eigenvalue weighted by Gasteiger charge is 2.60. The Morgan fingerprint density at radius 1 is 1.15 bits per heavy atom. The third-order valence-electron chi connectivity index (χ3n) is 8.01. The number of aliphatic carboxylic acids is 1. The summed E-state index contributed by atoms with van der Waals surface area (Å²) in [6, 6.07) is -0.536. The lowest BCUT2D eigenvalue weighted by atomic mass is 9.79. The molecular formula is C27H37N3O8S. The Balaban J connectivity index is 1.47. The number of rotatable bonds is 10.